The van der Waals surface area contributed by atoms with Crippen molar-refractivity contribution in [3.05, 3.63) is 0 Å². The molecule has 0 aromatic heterocycles. The lowest BCUT2D eigenvalue weighted by Gasteiger charge is -2.26. The molecule has 2 heteroatoms. The largest absolute Gasteiger partial charge is 0.382 e. The summed E-state index contributed by atoms with van der Waals surface area (Å²) in [7, 11) is 0. The minimum absolute atomic E-state index is 0.0926. The van der Waals surface area contributed by atoms with Crippen LogP contribution >= 0.6 is 0 Å². The molecule has 1 rings (SSSR count). The molecule has 0 radical (unpaired) electrons. The summed E-state index contributed by atoms with van der Waals surface area (Å²) < 4.78 is 0. The summed E-state index contributed by atoms with van der Waals surface area (Å²) in [5.74, 6) is 0.236. The summed E-state index contributed by atoms with van der Waals surface area (Å²) in [6, 6.07) is 0. The third-order valence-electron chi connectivity index (χ3n) is 3.35. The van der Waals surface area contributed by atoms with Crippen LogP contribution in [0.2, 0.25) is 0 Å². The molecule has 0 atom stereocenters. The second kappa shape index (κ2) is 4.23. The molecular weight excluding hydrogens is 164 g/mol. The van der Waals surface area contributed by atoms with Crippen LogP contribution in [0.25, 0.3) is 0 Å². The van der Waals surface area contributed by atoms with Crippen LogP contribution in [0.15, 0.2) is 0 Å². The van der Waals surface area contributed by atoms with Gasteiger partial charge < -0.3 is 5.11 Å². The Bertz CT molecular complexity index is 177. The summed E-state index contributed by atoms with van der Waals surface area (Å²) in [6.45, 7) is 3.77. The van der Waals surface area contributed by atoms with Gasteiger partial charge in [-0.15, -0.1) is 0 Å². The minimum atomic E-state index is -1.03. The third kappa shape index (κ3) is 2.11. The molecule has 13 heavy (non-hydrogen) atoms. The van der Waals surface area contributed by atoms with E-state index in [0.717, 1.165) is 25.7 Å². The van der Waals surface area contributed by atoms with Crippen molar-refractivity contribution < 1.29 is 9.90 Å². The molecule has 1 aliphatic carbocycles. The van der Waals surface area contributed by atoms with Gasteiger partial charge in [0.05, 0.1) is 0 Å². The Morgan fingerprint density at radius 3 is 2.15 bits per heavy atom. The lowest BCUT2D eigenvalue weighted by atomic mass is 9.84. The standard InChI is InChI=1S/C11H20O2/c1-3-11(13,4-2)10(12)9-7-5-6-8-9/h9,13H,3-8H2,1-2H3. The Labute approximate surface area is 80.3 Å². The van der Waals surface area contributed by atoms with E-state index in [2.05, 4.69) is 0 Å². The maximum absolute atomic E-state index is 11.9. The molecule has 0 aromatic rings. The van der Waals surface area contributed by atoms with Gasteiger partial charge in [0.15, 0.2) is 5.78 Å². The Hall–Kier alpha value is -0.370. The van der Waals surface area contributed by atoms with Gasteiger partial charge in [-0.1, -0.05) is 26.7 Å². The number of ketones is 1. The molecule has 0 amide bonds. The number of hydrogen-bond donors (Lipinski definition) is 1. The first kappa shape index (κ1) is 10.7. The van der Waals surface area contributed by atoms with Crippen LogP contribution in [0, 0.1) is 5.92 Å². The van der Waals surface area contributed by atoms with Gasteiger partial charge in [-0.05, 0) is 25.7 Å². The normalized spacial score (nSPS) is 19.3. The van der Waals surface area contributed by atoms with Crippen molar-refractivity contribution in [2.75, 3.05) is 0 Å². The van der Waals surface area contributed by atoms with E-state index in [0.29, 0.717) is 12.8 Å². The second-order valence-corrected chi connectivity index (χ2v) is 4.08. The first-order valence-corrected chi connectivity index (χ1v) is 5.40. The average Bonchev–Trinajstić information content (AvgIpc) is 2.68. The number of hydrogen-bond acceptors (Lipinski definition) is 2. The van der Waals surface area contributed by atoms with Gasteiger partial charge in [0.1, 0.15) is 5.60 Å². The van der Waals surface area contributed by atoms with Crippen molar-refractivity contribution in [3.8, 4) is 0 Å². The van der Waals surface area contributed by atoms with E-state index in [4.69, 9.17) is 0 Å². The predicted molar refractivity (Wildman–Crippen MR) is 52.5 cm³/mol. The highest BCUT2D eigenvalue weighted by Crippen LogP contribution is 2.31. The van der Waals surface area contributed by atoms with Gasteiger partial charge in [0.25, 0.3) is 0 Å². The minimum Gasteiger partial charge on any atom is -0.382 e. The summed E-state index contributed by atoms with van der Waals surface area (Å²) in [6.07, 6.45) is 5.39. The molecule has 1 N–H and O–H groups in total. The van der Waals surface area contributed by atoms with Crippen LogP contribution in [0.5, 0.6) is 0 Å². The zero-order valence-electron chi connectivity index (χ0n) is 8.68. The molecule has 0 unspecified atom stereocenters. The molecule has 0 heterocycles. The average molecular weight is 184 g/mol. The number of carbonyl (C=O) groups is 1. The first-order valence-electron chi connectivity index (χ1n) is 5.40. The first-order chi connectivity index (χ1) is 6.14. The Morgan fingerprint density at radius 2 is 1.77 bits per heavy atom. The monoisotopic (exact) mass is 184 g/mol. The van der Waals surface area contributed by atoms with Crippen molar-refractivity contribution in [2.45, 2.75) is 58.0 Å². The number of Topliss-reactive ketones (excluding diaryl/α,β-unsaturated/α-hetero) is 1. The van der Waals surface area contributed by atoms with Crippen molar-refractivity contribution in [1.82, 2.24) is 0 Å². The molecule has 0 aromatic carbocycles. The molecular formula is C11H20O2. The van der Waals surface area contributed by atoms with E-state index in [1.54, 1.807) is 0 Å². The number of carbonyl (C=O) groups excluding carboxylic acids is 1. The maximum atomic E-state index is 11.9. The highest BCUT2D eigenvalue weighted by Gasteiger charge is 2.37. The molecule has 2 nitrogen and oxygen atoms in total. The SMILES string of the molecule is CCC(O)(CC)C(=O)C1CCCC1. The fourth-order valence-electron chi connectivity index (χ4n) is 2.17. The van der Waals surface area contributed by atoms with E-state index in [1.807, 2.05) is 13.8 Å². The van der Waals surface area contributed by atoms with Crippen LogP contribution < -0.4 is 0 Å². The highest BCUT2D eigenvalue weighted by molar-refractivity contribution is 5.89. The Morgan fingerprint density at radius 1 is 1.31 bits per heavy atom. The van der Waals surface area contributed by atoms with Gasteiger partial charge in [0, 0.05) is 5.92 Å². The van der Waals surface area contributed by atoms with E-state index in [1.165, 1.54) is 0 Å². The summed E-state index contributed by atoms with van der Waals surface area (Å²) in [5.41, 5.74) is -1.03. The fraction of sp³-hybridized carbons (Fsp3) is 0.909. The topological polar surface area (TPSA) is 37.3 Å². The maximum Gasteiger partial charge on any atom is 0.167 e. The van der Waals surface area contributed by atoms with Crippen LogP contribution in [0.3, 0.4) is 0 Å². The highest BCUT2D eigenvalue weighted by atomic mass is 16.3. The van der Waals surface area contributed by atoms with E-state index in [9.17, 15) is 9.90 Å². The molecule has 76 valence electrons. The molecule has 1 aliphatic rings. The van der Waals surface area contributed by atoms with Gasteiger partial charge in [-0.2, -0.15) is 0 Å². The van der Waals surface area contributed by atoms with Crippen LogP contribution in [-0.2, 0) is 4.79 Å². The molecule has 0 bridgehead atoms. The fourth-order valence-corrected chi connectivity index (χ4v) is 2.17. The van der Waals surface area contributed by atoms with E-state index >= 15 is 0 Å². The van der Waals surface area contributed by atoms with Crippen molar-refractivity contribution in [1.29, 1.82) is 0 Å². The quantitative estimate of drug-likeness (QED) is 0.728. The third-order valence-corrected chi connectivity index (χ3v) is 3.35. The van der Waals surface area contributed by atoms with Gasteiger partial charge in [-0.25, -0.2) is 0 Å². The second-order valence-electron chi connectivity index (χ2n) is 4.08. The van der Waals surface area contributed by atoms with Gasteiger partial charge in [-0.3, -0.25) is 4.79 Å². The van der Waals surface area contributed by atoms with E-state index in [-0.39, 0.29) is 11.7 Å². The van der Waals surface area contributed by atoms with Crippen LogP contribution in [0.1, 0.15) is 52.4 Å². The Kier molecular flexibility index (Phi) is 3.48. The summed E-state index contributed by atoms with van der Waals surface area (Å²) in [5, 5.41) is 10.0. The van der Waals surface area contributed by atoms with Crippen LogP contribution in [-0.4, -0.2) is 16.5 Å². The van der Waals surface area contributed by atoms with Crippen molar-refractivity contribution in [3.63, 3.8) is 0 Å². The lowest BCUT2D eigenvalue weighted by molar-refractivity contribution is -0.142. The number of aliphatic hydroxyl groups is 1. The summed E-state index contributed by atoms with van der Waals surface area (Å²) >= 11 is 0. The molecule has 1 fully saturated rings. The van der Waals surface area contributed by atoms with Gasteiger partial charge in [0.2, 0.25) is 0 Å². The summed E-state index contributed by atoms with van der Waals surface area (Å²) in [4.78, 5) is 11.9. The Balaban J connectivity index is 2.63. The molecule has 0 spiro atoms. The predicted octanol–water partition coefficient (Wildman–Crippen LogP) is 2.30. The number of rotatable bonds is 4. The van der Waals surface area contributed by atoms with Crippen molar-refractivity contribution >= 4 is 5.78 Å². The van der Waals surface area contributed by atoms with E-state index < -0.39 is 5.60 Å². The molecule has 0 aliphatic heterocycles. The van der Waals surface area contributed by atoms with Crippen molar-refractivity contribution in [2.24, 2.45) is 5.92 Å². The smallest absolute Gasteiger partial charge is 0.167 e. The zero-order chi connectivity index (χ0) is 9.90. The van der Waals surface area contributed by atoms with Gasteiger partial charge >= 0.3 is 0 Å². The zero-order valence-corrected chi connectivity index (χ0v) is 8.68. The molecule has 0 saturated heterocycles. The van der Waals surface area contributed by atoms with Crippen LogP contribution in [0.4, 0.5) is 0 Å². The molecule has 1 saturated carbocycles. The lowest BCUT2D eigenvalue weighted by Crippen LogP contribution is -2.40.